The number of carboxylic acids is 1. The van der Waals surface area contributed by atoms with Gasteiger partial charge in [-0.05, 0) is 48.2 Å². The third-order valence-corrected chi connectivity index (χ3v) is 4.11. The SMILES string of the molecule is Cc1cccc2c1C(C=Nc1ccc(CCC(=O)O)cc1)C(=O)N2. The molecule has 2 aromatic carbocycles. The van der Waals surface area contributed by atoms with Crippen LogP contribution in [0, 0.1) is 6.92 Å². The molecule has 2 aromatic rings. The van der Waals surface area contributed by atoms with E-state index in [0.29, 0.717) is 6.42 Å². The molecule has 0 spiro atoms. The van der Waals surface area contributed by atoms with E-state index in [1.807, 2.05) is 49.4 Å². The number of amides is 1. The number of aryl methyl sites for hydroxylation is 2. The molecule has 1 heterocycles. The summed E-state index contributed by atoms with van der Waals surface area (Å²) in [6, 6.07) is 13.2. The fraction of sp³-hybridized carbons (Fsp3) is 0.211. The normalized spacial score (nSPS) is 16.2. The van der Waals surface area contributed by atoms with Crippen LogP contribution in [-0.4, -0.2) is 23.2 Å². The summed E-state index contributed by atoms with van der Waals surface area (Å²) < 4.78 is 0. The molecule has 5 nitrogen and oxygen atoms in total. The van der Waals surface area contributed by atoms with E-state index in [0.717, 1.165) is 28.1 Å². The smallest absolute Gasteiger partial charge is 0.303 e. The van der Waals surface area contributed by atoms with Crippen molar-refractivity contribution in [1.29, 1.82) is 0 Å². The monoisotopic (exact) mass is 322 g/mol. The number of anilines is 1. The Morgan fingerprint density at radius 1 is 1.25 bits per heavy atom. The summed E-state index contributed by atoms with van der Waals surface area (Å²) >= 11 is 0. The maximum absolute atomic E-state index is 12.1. The van der Waals surface area contributed by atoms with E-state index in [1.165, 1.54) is 0 Å². The second-order valence-corrected chi connectivity index (χ2v) is 5.84. The molecule has 3 rings (SSSR count). The highest BCUT2D eigenvalue weighted by Crippen LogP contribution is 2.34. The lowest BCUT2D eigenvalue weighted by atomic mass is 9.97. The number of carboxylic acid groups (broad SMARTS) is 1. The van der Waals surface area contributed by atoms with Gasteiger partial charge in [0.2, 0.25) is 5.91 Å². The molecule has 0 aromatic heterocycles. The highest BCUT2D eigenvalue weighted by molar-refractivity contribution is 6.13. The van der Waals surface area contributed by atoms with Gasteiger partial charge in [-0.2, -0.15) is 0 Å². The van der Waals surface area contributed by atoms with Gasteiger partial charge in [0.05, 0.1) is 5.69 Å². The third-order valence-electron chi connectivity index (χ3n) is 4.11. The lowest BCUT2D eigenvalue weighted by Crippen LogP contribution is -2.13. The van der Waals surface area contributed by atoms with Crippen LogP contribution < -0.4 is 5.32 Å². The molecule has 1 aliphatic heterocycles. The standard InChI is InChI=1S/C19H18N2O3/c1-12-3-2-4-16-18(12)15(19(24)21-16)11-20-14-8-5-13(6-9-14)7-10-17(22)23/h2-6,8-9,11,15H,7,10H2,1H3,(H,21,24)(H,22,23). The summed E-state index contributed by atoms with van der Waals surface area (Å²) in [6.45, 7) is 1.98. The molecule has 0 radical (unpaired) electrons. The van der Waals surface area contributed by atoms with E-state index in [9.17, 15) is 9.59 Å². The number of carbonyl (C=O) groups excluding carboxylic acids is 1. The third kappa shape index (κ3) is 3.35. The van der Waals surface area contributed by atoms with Crippen LogP contribution in [0.3, 0.4) is 0 Å². The molecule has 122 valence electrons. The Balaban J connectivity index is 1.75. The zero-order valence-corrected chi connectivity index (χ0v) is 13.3. The van der Waals surface area contributed by atoms with Crippen molar-refractivity contribution in [3.63, 3.8) is 0 Å². The number of aliphatic imine (C=N–C) groups is 1. The molecule has 0 aliphatic carbocycles. The van der Waals surface area contributed by atoms with Gasteiger partial charge in [0, 0.05) is 18.3 Å². The average molecular weight is 322 g/mol. The van der Waals surface area contributed by atoms with Gasteiger partial charge in [-0.1, -0.05) is 24.3 Å². The predicted molar refractivity (Wildman–Crippen MR) is 93.1 cm³/mol. The van der Waals surface area contributed by atoms with E-state index in [4.69, 9.17) is 5.11 Å². The number of aliphatic carboxylic acids is 1. The van der Waals surface area contributed by atoms with Gasteiger partial charge in [0.1, 0.15) is 5.92 Å². The fourth-order valence-corrected chi connectivity index (χ4v) is 2.85. The van der Waals surface area contributed by atoms with E-state index < -0.39 is 5.97 Å². The van der Waals surface area contributed by atoms with Crippen molar-refractivity contribution in [2.24, 2.45) is 4.99 Å². The zero-order chi connectivity index (χ0) is 17.1. The molecule has 0 fully saturated rings. The lowest BCUT2D eigenvalue weighted by Gasteiger charge is -2.06. The van der Waals surface area contributed by atoms with E-state index in [-0.39, 0.29) is 18.2 Å². The Bertz CT molecular complexity index is 810. The van der Waals surface area contributed by atoms with Gasteiger partial charge < -0.3 is 10.4 Å². The maximum Gasteiger partial charge on any atom is 0.303 e. The molecule has 5 heteroatoms. The Labute approximate surface area is 140 Å². The van der Waals surface area contributed by atoms with Crippen molar-refractivity contribution in [1.82, 2.24) is 0 Å². The van der Waals surface area contributed by atoms with Crippen LogP contribution in [0.25, 0.3) is 0 Å². The van der Waals surface area contributed by atoms with E-state index >= 15 is 0 Å². The number of carbonyl (C=O) groups is 2. The fourth-order valence-electron chi connectivity index (χ4n) is 2.85. The van der Waals surface area contributed by atoms with Gasteiger partial charge in [-0.3, -0.25) is 14.6 Å². The van der Waals surface area contributed by atoms with E-state index in [1.54, 1.807) is 6.21 Å². The molecule has 1 amide bonds. The highest BCUT2D eigenvalue weighted by Gasteiger charge is 2.30. The number of hydrogen-bond acceptors (Lipinski definition) is 3. The van der Waals surface area contributed by atoms with Crippen LogP contribution in [0.1, 0.15) is 29.0 Å². The molecular weight excluding hydrogens is 304 g/mol. The molecule has 2 N–H and O–H groups in total. The minimum Gasteiger partial charge on any atom is -0.481 e. The highest BCUT2D eigenvalue weighted by atomic mass is 16.4. The predicted octanol–water partition coefficient (Wildman–Crippen LogP) is 3.45. The molecule has 0 bridgehead atoms. The number of nitrogens with zero attached hydrogens (tertiary/aromatic N) is 1. The van der Waals surface area contributed by atoms with Crippen molar-refractivity contribution in [3.05, 3.63) is 59.2 Å². The molecule has 1 atom stereocenters. The van der Waals surface area contributed by atoms with Crippen LogP contribution in [-0.2, 0) is 16.0 Å². The van der Waals surface area contributed by atoms with Crippen molar-refractivity contribution >= 4 is 29.5 Å². The second-order valence-electron chi connectivity index (χ2n) is 5.84. The van der Waals surface area contributed by atoms with Gasteiger partial charge in [0.15, 0.2) is 0 Å². The Morgan fingerprint density at radius 3 is 2.71 bits per heavy atom. The first-order valence-electron chi connectivity index (χ1n) is 7.80. The summed E-state index contributed by atoms with van der Waals surface area (Å²) in [6.07, 6.45) is 2.28. The van der Waals surface area contributed by atoms with Crippen molar-refractivity contribution in [2.45, 2.75) is 25.7 Å². The summed E-state index contributed by atoms with van der Waals surface area (Å²) in [5.74, 6) is -1.26. The van der Waals surface area contributed by atoms with Crippen LogP contribution in [0.2, 0.25) is 0 Å². The first-order valence-corrected chi connectivity index (χ1v) is 7.80. The first-order chi connectivity index (χ1) is 11.5. The molecule has 1 aliphatic rings. The number of hydrogen-bond donors (Lipinski definition) is 2. The number of benzene rings is 2. The van der Waals surface area contributed by atoms with Gasteiger partial charge in [-0.15, -0.1) is 0 Å². The number of fused-ring (bicyclic) bond motifs is 1. The molecule has 0 saturated carbocycles. The summed E-state index contributed by atoms with van der Waals surface area (Å²) in [4.78, 5) is 27.1. The average Bonchev–Trinajstić information content (AvgIpc) is 2.88. The number of nitrogens with one attached hydrogen (secondary N) is 1. The minimum atomic E-state index is -0.807. The Kier molecular flexibility index (Phi) is 4.42. The molecule has 24 heavy (non-hydrogen) atoms. The summed E-state index contributed by atoms with van der Waals surface area (Å²) in [5, 5.41) is 11.6. The number of rotatable bonds is 5. The van der Waals surface area contributed by atoms with E-state index in [2.05, 4.69) is 10.3 Å². The maximum atomic E-state index is 12.1. The van der Waals surface area contributed by atoms with Gasteiger partial charge >= 0.3 is 5.97 Å². The minimum absolute atomic E-state index is 0.0684. The quantitative estimate of drug-likeness (QED) is 0.828. The summed E-state index contributed by atoms with van der Waals surface area (Å²) in [5.41, 5.74) is 4.58. The second kappa shape index (κ2) is 6.66. The molecule has 1 unspecified atom stereocenters. The Hall–Kier alpha value is -2.95. The van der Waals surface area contributed by atoms with Gasteiger partial charge in [0.25, 0.3) is 0 Å². The van der Waals surface area contributed by atoms with Crippen LogP contribution >= 0.6 is 0 Å². The largest absolute Gasteiger partial charge is 0.481 e. The zero-order valence-electron chi connectivity index (χ0n) is 13.3. The molecule has 0 saturated heterocycles. The Morgan fingerprint density at radius 2 is 2.00 bits per heavy atom. The summed E-state index contributed by atoms with van der Waals surface area (Å²) in [7, 11) is 0. The van der Waals surface area contributed by atoms with Crippen molar-refractivity contribution in [3.8, 4) is 0 Å². The van der Waals surface area contributed by atoms with Crippen molar-refractivity contribution in [2.75, 3.05) is 5.32 Å². The first kappa shape index (κ1) is 15.9. The molecular formula is C19H18N2O3. The van der Waals surface area contributed by atoms with Crippen LogP contribution in [0.4, 0.5) is 11.4 Å². The lowest BCUT2D eigenvalue weighted by molar-refractivity contribution is -0.137. The van der Waals surface area contributed by atoms with Crippen molar-refractivity contribution < 1.29 is 14.7 Å². The van der Waals surface area contributed by atoms with Crippen LogP contribution in [0.5, 0.6) is 0 Å². The van der Waals surface area contributed by atoms with Crippen LogP contribution in [0.15, 0.2) is 47.5 Å². The van der Waals surface area contributed by atoms with Gasteiger partial charge in [-0.25, -0.2) is 0 Å². The topological polar surface area (TPSA) is 78.8 Å².